The minimum absolute atomic E-state index is 0.173. The first-order valence-electron chi connectivity index (χ1n) is 7.80. The number of carbonyl (C=O) groups excluding carboxylic acids is 2. The number of aliphatic hydroxyl groups excluding tert-OH is 1. The van der Waals surface area contributed by atoms with Crippen LogP contribution in [-0.2, 0) is 32.7 Å². The molecule has 8 nitrogen and oxygen atoms in total. The Morgan fingerprint density at radius 3 is 1.60 bits per heavy atom. The van der Waals surface area contributed by atoms with E-state index < -0.39 is 44.0 Å². The van der Waals surface area contributed by atoms with E-state index in [4.69, 9.17) is 23.6 Å². The fraction of sp³-hybridized carbons (Fsp3) is 0.750. The topological polar surface area (TPSA) is 108 Å². The Bertz CT molecular complexity index is 477. The predicted molar refractivity (Wildman–Crippen MR) is 91.7 cm³/mol. The second-order valence-electron chi connectivity index (χ2n) is 7.30. The van der Waals surface area contributed by atoms with Gasteiger partial charge in [0.2, 0.25) is 13.6 Å². The van der Waals surface area contributed by atoms with Crippen LogP contribution in [0.3, 0.4) is 0 Å². The van der Waals surface area contributed by atoms with Crippen LogP contribution in [0, 0.1) is 10.8 Å². The van der Waals surface area contributed by atoms with Crippen molar-refractivity contribution in [1.29, 1.82) is 0 Å². The summed E-state index contributed by atoms with van der Waals surface area (Å²) in [5.41, 5.74) is -1.46. The molecule has 0 radical (unpaired) electrons. The number of rotatable bonds is 9. The molecule has 0 aromatic heterocycles. The summed E-state index contributed by atoms with van der Waals surface area (Å²) in [6.45, 7) is 8.65. The van der Waals surface area contributed by atoms with Crippen LogP contribution < -0.4 is 0 Å². The van der Waals surface area contributed by atoms with Gasteiger partial charge < -0.3 is 14.6 Å². The maximum atomic E-state index is 12.6. The van der Waals surface area contributed by atoms with Gasteiger partial charge in [0, 0.05) is 0 Å². The summed E-state index contributed by atoms with van der Waals surface area (Å²) in [4.78, 5) is 23.4. The average Bonchev–Trinajstić information content (AvgIpc) is 2.45. The molecule has 146 valence electrons. The zero-order valence-corrected chi connectivity index (χ0v) is 16.6. The van der Waals surface area contributed by atoms with Gasteiger partial charge in [-0.2, -0.15) is 0 Å². The minimum atomic E-state index is -3.72. The molecule has 0 aliphatic carbocycles. The van der Waals surface area contributed by atoms with Gasteiger partial charge in [-0.3, -0.25) is 23.2 Å². The zero-order valence-electron chi connectivity index (χ0n) is 15.7. The van der Waals surface area contributed by atoms with E-state index in [9.17, 15) is 14.2 Å². The number of carbonyl (C=O) groups is 2. The molecule has 0 unspecified atom stereocenters. The Labute approximate surface area is 149 Å². The Hall–Kier alpha value is -1.21. The van der Waals surface area contributed by atoms with E-state index >= 15 is 0 Å². The van der Waals surface area contributed by atoms with E-state index in [0.717, 1.165) is 0 Å². The van der Waals surface area contributed by atoms with Crippen molar-refractivity contribution in [3.8, 4) is 0 Å². The molecule has 0 aliphatic heterocycles. The standard InChI is InChI=1S/C16H29O8P/c1-15(2,3)13(18)21-11-23-25(20,10-8-7-9-17)24-12-22-14(19)16(4,5)6/h7-8,17H,9-12H2,1-6H3/b8-7+. The van der Waals surface area contributed by atoms with Crippen LogP contribution >= 0.6 is 7.60 Å². The summed E-state index contributed by atoms with van der Waals surface area (Å²) < 4.78 is 32.5. The number of hydrogen-bond acceptors (Lipinski definition) is 8. The first-order chi connectivity index (χ1) is 11.3. The first-order valence-corrected chi connectivity index (χ1v) is 9.53. The fourth-order valence-electron chi connectivity index (χ4n) is 1.17. The Balaban J connectivity index is 4.67. The molecule has 0 aromatic rings. The molecule has 0 spiro atoms. The summed E-state index contributed by atoms with van der Waals surface area (Å²) >= 11 is 0. The molecule has 0 fully saturated rings. The highest BCUT2D eigenvalue weighted by molar-refractivity contribution is 7.54. The summed E-state index contributed by atoms with van der Waals surface area (Å²) in [6, 6.07) is 0. The van der Waals surface area contributed by atoms with Crippen molar-refractivity contribution in [2.24, 2.45) is 10.8 Å². The van der Waals surface area contributed by atoms with E-state index in [0.29, 0.717) is 0 Å². The lowest BCUT2D eigenvalue weighted by Crippen LogP contribution is -2.25. The molecule has 0 aliphatic rings. The third-order valence-corrected chi connectivity index (χ3v) is 4.36. The highest BCUT2D eigenvalue weighted by atomic mass is 31.2. The van der Waals surface area contributed by atoms with Crippen molar-refractivity contribution >= 4 is 19.5 Å². The van der Waals surface area contributed by atoms with Crippen molar-refractivity contribution in [3.63, 3.8) is 0 Å². The molecule has 0 saturated heterocycles. The SMILES string of the molecule is CC(C)(C)C(=O)OCOP(=O)(C/C=C/CO)OCOC(=O)C(C)(C)C. The van der Waals surface area contributed by atoms with Gasteiger partial charge in [0.25, 0.3) is 0 Å². The molecule has 0 atom stereocenters. The smallest absolute Gasteiger partial charge is 0.340 e. The predicted octanol–water partition coefficient (Wildman–Crippen LogP) is 2.85. The van der Waals surface area contributed by atoms with Gasteiger partial charge in [0.1, 0.15) is 0 Å². The van der Waals surface area contributed by atoms with Crippen LogP contribution in [0.5, 0.6) is 0 Å². The van der Waals surface area contributed by atoms with Crippen LogP contribution in [0.2, 0.25) is 0 Å². The summed E-state index contributed by atoms with van der Waals surface area (Å²) in [6.07, 6.45) is 2.59. The van der Waals surface area contributed by atoms with Crippen LogP contribution in [-0.4, -0.2) is 43.4 Å². The third kappa shape index (κ3) is 10.4. The molecule has 1 N–H and O–H groups in total. The van der Waals surface area contributed by atoms with Gasteiger partial charge in [0.05, 0.1) is 23.6 Å². The Morgan fingerprint density at radius 2 is 1.28 bits per heavy atom. The number of aliphatic hydroxyl groups is 1. The fourth-order valence-corrected chi connectivity index (χ4v) is 2.29. The van der Waals surface area contributed by atoms with Crippen LogP contribution in [0.4, 0.5) is 0 Å². The van der Waals surface area contributed by atoms with Gasteiger partial charge >= 0.3 is 19.5 Å². The molecule has 0 heterocycles. The second kappa shape index (κ2) is 10.1. The number of ether oxygens (including phenoxy) is 2. The second-order valence-corrected chi connectivity index (χ2v) is 9.41. The van der Waals surface area contributed by atoms with Crippen LogP contribution in [0.1, 0.15) is 41.5 Å². The normalized spacial score (nSPS) is 13.1. The van der Waals surface area contributed by atoms with Gasteiger partial charge in [0.15, 0.2) is 0 Å². The lowest BCUT2D eigenvalue weighted by molar-refractivity contribution is -0.161. The van der Waals surface area contributed by atoms with Crippen molar-refractivity contribution in [3.05, 3.63) is 12.2 Å². The molecule has 25 heavy (non-hydrogen) atoms. The monoisotopic (exact) mass is 380 g/mol. The summed E-state index contributed by atoms with van der Waals surface area (Å²) in [5, 5.41) is 8.74. The van der Waals surface area contributed by atoms with E-state index in [1.165, 1.54) is 12.2 Å². The molecule has 0 bridgehead atoms. The molecule has 0 aromatic carbocycles. The Kier molecular flexibility index (Phi) is 9.58. The molecular formula is C16H29O8P. The van der Waals surface area contributed by atoms with Crippen LogP contribution in [0.25, 0.3) is 0 Å². The largest absolute Gasteiger partial charge is 0.438 e. The number of hydrogen-bond donors (Lipinski definition) is 1. The molecule has 9 heteroatoms. The number of allylic oxidation sites excluding steroid dienone is 1. The van der Waals surface area contributed by atoms with Gasteiger partial charge in [-0.15, -0.1) is 0 Å². The van der Waals surface area contributed by atoms with E-state index in [1.807, 2.05) is 0 Å². The summed E-state index contributed by atoms with van der Waals surface area (Å²) in [7, 11) is -3.72. The first kappa shape index (κ1) is 23.8. The van der Waals surface area contributed by atoms with Crippen molar-refractivity contribution in [2.45, 2.75) is 41.5 Å². The zero-order chi connectivity index (χ0) is 19.7. The molecule has 0 saturated carbocycles. The van der Waals surface area contributed by atoms with Gasteiger partial charge in [-0.1, -0.05) is 12.2 Å². The molecular weight excluding hydrogens is 351 g/mol. The number of esters is 2. The average molecular weight is 380 g/mol. The Morgan fingerprint density at radius 1 is 0.880 bits per heavy atom. The highest BCUT2D eigenvalue weighted by Crippen LogP contribution is 2.48. The maximum Gasteiger partial charge on any atom is 0.340 e. The molecule has 0 rings (SSSR count). The highest BCUT2D eigenvalue weighted by Gasteiger charge is 2.29. The molecule has 0 amide bonds. The third-order valence-electron chi connectivity index (χ3n) is 2.70. The van der Waals surface area contributed by atoms with Crippen molar-refractivity contribution < 1.29 is 37.8 Å². The minimum Gasteiger partial charge on any atom is -0.438 e. The summed E-state index contributed by atoms with van der Waals surface area (Å²) in [5.74, 6) is -1.05. The quantitative estimate of drug-likeness (QED) is 0.281. The van der Waals surface area contributed by atoms with Crippen molar-refractivity contribution in [2.75, 3.05) is 26.4 Å². The van der Waals surface area contributed by atoms with E-state index in [-0.39, 0.29) is 12.8 Å². The van der Waals surface area contributed by atoms with E-state index in [1.54, 1.807) is 41.5 Å². The van der Waals surface area contributed by atoms with Gasteiger partial charge in [-0.05, 0) is 41.5 Å². The lowest BCUT2D eigenvalue weighted by atomic mass is 9.98. The van der Waals surface area contributed by atoms with Crippen LogP contribution in [0.15, 0.2) is 12.2 Å². The van der Waals surface area contributed by atoms with Crippen molar-refractivity contribution in [1.82, 2.24) is 0 Å². The van der Waals surface area contributed by atoms with E-state index in [2.05, 4.69) is 0 Å². The van der Waals surface area contributed by atoms with Gasteiger partial charge in [-0.25, -0.2) is 0 Å². The lowest BCUT2D eigenvalue weighted by Gasteiger charge is -2.21. The maximum absolute atomic E-state index is 12.6.